The van der Waals surface area contributed by atoms with Gasteiger partial charge in [-0.05, 0) is 38.3 Å². The first-order valence-electron chi connectivity index (χ1n) is 7.01. The molecule has 0 atom stereocenters. The summed E-state index contributed by atoms with van der Waals surface area (Å²) in [6.07, 6.45) is 17.1. The van der Waals surface area contributed by atoms with E-state index in [-0.39, 0.29) is 0 Å². The first kappa shape index (κ1) is 15.4. The Bertz CT molecular complexity index is 161. The van der Waals surface area contributed by atoms with E-state index >= 15 is 0 Å². The summed E-state index contributed by atoms with van der Waals surface area (Å²) in [4.78, 5) is 4.38. The smallest absolute Gasteiger partial charge is 0.0385 e. The van der Waals surface area contributed by atoms with Gasteiger partial charge in [0, 0.05) is 6.54 Å². The fourth-order valence-corrected chi connectivity index (χ4v) is 1.66. The SMILES string of the molecule is C=CCCCCCCCCC=NCCCC. The molecule has 1 nitrogen and oxygen atoms in total. The molecule has 0 rings (SSSR count). The van der Waals surface area contributed by atoms with Crippen molar-refractivity contribution in [2.24, 2.45) is 4.99 Å². The van der Waals surface area contributed by atoms with Gasteiger partial charge in [0.15, 0.2) is 0 Å². The number of hydrogen-bond acceptors (Lipinski definition) is 1. The second kappa shape index (κ2) is 14.4. The molecule has 0 aliphatic heterocycles. The largest absolute Gasteiger partial charge is 0.298 e. The summed E-state index contributed by atoms with van der Waals surface area (Å²) >= 11 is 0. The molecule has 0 amide bonds. The van der Waals surface area contributed by atoms with E-state index in [0.29, 0.717) is 0 Å². The third-order valence-electron chi connectivity index (χ3n) is 2.76. The van der Waals surface area contributed by atoms with Gasteiger partial charge in [0.25, 0.3) is 0 Å². The molecule has 0 aliphatic carbocycles. The van der Waals surface area contributed by atoms with E-state index in [2.05, 4.69) is 24.7 Å². The Kier molecular flexibility index (Phi) is 13.9. The van der Waals surface area contributed by atoms with E-state index in [1.54, 1.807) is 0 Å². The van der Waals surface area contributed by atoms with E-state index in [1.165, 1.54) is 64.2 Å². The van der Waals surface area contributed by atoms with Gasteiger partial charge in [0.2, 0.25) is 0 Å². The van der Waals surface area contributed by atoms with Gasteiger partial charge in [-0.3, -0.25) is 4.99 Å². The van der Waals surface area contributed by atoms with Crippen molar-refractivity contribution in [3.05, 3.63) is 12.7 Å². The highest BCUT2D eigenvalue weighted by atomic mass is 14.7. The molecule has 0 fully saturated rings. The summed E-state index contributed by atoms with van der Waals surface area (Å²) in [5.41, 5.74) is 0. The third-order valence-corrected chi connectivity index (χ3v) is 2.76. The molecule has 0 aromatic heterocycles. The Balaban J connectivity index is 2.98. The van der Waals surface area contributed by atoms with E-state index in [1.807, 2.05) is 6.08 Å². The van der Waals surface area contributed by atoms with Gasteiger partial charge >= 0.3 is 0 Å². The number of hydrogen-bond donors (Lipinski definition) is 0. The van der Waals surface area contributed by atoms with Gasteiger partial charge in [-0.1, -0.05) is 45.1 Å². The van der Waals surface area contributed by atoms with Crippen molar-refractivity contribution in [2.45, 2.75) is 71.1 Å². The second-order valence-corrected chi connectivity index (χ2v) is 4.43. The van der Waals surface area contributed by atoms with E-state index in [9.17, 15) is 0 Å². The maximum absolute atomic E-state index is 4.38. The maximum atomic E-state index is 4.38. The lowest BCUT2D eigenvalue weighted by molar-refractivity contribution is 0.604. The molecular formula is C15H29N. The molecule has 94 valence electrons. The Hall–Kier alpha value is -0.590. The minimum atomic E-state index is 1.03. The van der Waals surface area contributed by atoms with Crippen LogP contribution in [0.15, 0.2) is 17.6 Å². The number of rotatable bonds is 12. The summed E-state index contributed by atoms with van der Waals surface area (Å²) in [7, 11) is 0. The fourth-order valence-electron chi connectivity index (χ4n) is 1.66. The highest BCUT2D eigenvalue weighted by molar-refractivity contribution is 5.56. The van der Waals surface area contributed by atoms with Crippen molar-refractivity contribution in [3.63, 3.8) is 0 Å². The normalized spacial score (nSPS) is 11.1. The average Bonchev–Trinajstić information content (AvgIpc) is 2.31. The molecule has 0 saturated carbocycles. The lowest BCUT2D eigenvalue weighted by Gasteiger charge is -1.98. The van der Waals surface area contributed by atoms with Crippen LogP contribution in [0.1, 0.15) is 71.1 Å². The summed E-state index contributed by atoms with van der Waals surface area (Å²) in [5.74, 6) is 0. The topological polar surface area (TPSA) is 12.4 Å². The number of aliphatic imine (C=N–C) groups is 1. The first-order valence-corrected chi connectivity index (χ1v) is 7.01. The van der Waals surface area contributed by atoms with Gasteiger partial charge in [0.1, 0.15) is 0 Å². The van der Waals surface area contributed by atoms with Crippen LogP contribution in [0.2, 0.25) is 0 Å². The Labute approximate surface area is 102 Å². The van der Waals surface area contributed by atoms with Gasteiger partial charge < -0.3 is 0 Å². The van der Waals surface area contributed by atoms with Gasteiger partial charge in [-0.15, -0.1) is 6.58 Å². The van der Waals surface area contributed by atoms with Crippen molar-refractivity contribution in [1.82, 2.24) is 0 Å². The molecule has 16 heavy (non-hydrogen) atoms. The Morgan fingerprint density at radius 2 is 1.50 bits per heavy atom. The Morgan fingerprint density at radius 1 is 0.875 bits per heavy atom. The molecular weight excluding hydrogens is 194 g/mol. The second-order valence-electron chi connectivity index (χ2n) is 4.43. The lowest BCUT2D eigenvalue weighted by Crippen LogP contribution is -1.83. The minimum absolute atomic E-state index is 1.03. The van der Waals surface area contributed by atoms with E-state index in [0.717, 1.165) is 6.54 Å². The van der Waals surface area contributed by atoms with Gasteiger partial charge in [-0.2, -0.15) is 0 Å². The molecule has 1 heteroatoms. The fraction of sp³-hybridized carbons (Fsp3) is 0.800. The summed E-state index contributed by atoms with van der Waals surface area (Å²) in [5, 5.41) is 0. The summed E-state index contributed by atoms with van der Waals surface area (Å²) in [6.45, 7) is 6.97. The molecule has 0 bridgehead atoms. The van der Waals surface area contributed by atoms with Gasteiger partial charge in [0.05, 0.1) is 0 Å². The molecule has 0 N–H and O–H groups in total. The first-order chi connectivity index (χ1) is 7.91. The van der Waals surface area contributed by atoms with Crippen LogP contribution in [0.3, 0.4) is 0 Å². The quantitative estimate of drug-likeness (QED) is 0.246. The van der Waals surface area contributed by atoms with Crippen LogP contribution in [0, 0.1) is 0 Å². The molecule has 0 heterocycles. The van der Waals surface area contributed by atoms with Crippen molar-refractivity contribution in [1.29, 1.82) is 0 Å². The molecule has 0 radical (unpaired) electrons. The van der Waals surface area contributed by atoms with Crippen molar-refractivity contribution < 1.29 is 0 Å². The molecule has 0 spiro atoms. The van der Waals surface area contributed by atoms with Gasteiger partial charge in [-0.25, -0.2) is 0 Å². The highest BCUT2D eigenvalue weighted by Crippen LogP contribution is 2.08. The number of unbranched alkanes of at least 4 members (excludes halogenated alkanes) is 8. The molecule has 0 aromatic carbocycles. The van der Waals surface area contributed by atoms with Crippen LogP contribution in [-0.4, -0.2) is 12.8 Å². The molecule has 0 aliphatic rings. The monoisotopic (exact) mass is 223 g/mol. The highest BCUT2D eigenvalue weighted by Gasteiger charge is 1.89. The third kappa shape index (κ3) is 13.4. The van der Waals surface area contributed by atoms with Crippen LogP contribution in [0.25, 0.3) is 0 Å². The Morgan fingerprint density at radius 3 is 2.12 bits per heavy atom. The van der Waals surface area contributed by atoms with Crippen LogP contribution < -0.4 is 0 Å². The van der Waals surface area contributed by atoms with Crippen LogP contribution in [0.4, 0.5) is 0 Å². The summed E-state index contributed by atoms with van der Waals surface area (Å²) in [6, 6.07) is 0. The van der Waals surface area contributed by atoms with Crippen molar-refractivity contribution in [3.8, 4) is 0 Å². The predicted octanol–water partition coefficient (Wildman–Crippen LogP) is 5.16. The molecule has 0 saturated heterocycles. The summed E-state index contributed by atoms with van der Waals surface area (Å²) < 4.78 is 0. The van der Waals surface area contributed by atoms with E-state index < -0.39 is 0 Å². The zero-order valence-electron chi connectivity index (χ0n) is 11.1. The zero-order chi connectivity index (χ0) is 11.9. The number of allylic oxidation sites excluding steroid dienone is 1. The standard InChI is InChI=1S/C15H29N/c1-3-5-7-8-9-10-11-12-13-15-16-14-6-4-2/h3,15H,1,4-14H2,2H3. The van der Waals surface area contributed by atoms with Crippen molar-refractivity contribution >= 4 is 6.21 Å². The average molecular weight is 223 g/mol. The minimum Gasteiger partial charge on any atom is -0.298 e. The molecule has 0 aromatic rings. The zero-order valence-corrected chi connectivity index (χ0v) is 11.1. The lowest BCUT2D eigenvalue weighted by atomic mass is 10.1. The molecule has 0 unspecified atom stereocenters. The van der Waals surface area contributed by atoms with Crippen LogP contribution in [0.5, 0.6) is 0 Å². The van der Waals surface area contributed by atoms with Crippen LogP contribution >= 0.6 is 0 Å². The van der Waals surface area contributed by atoms with Crippen molar-refractivity contribution in [2.75, 3.05) is 6.54 Å². The van der Waals surface area contributed by atoms with Crippen LogP contribution in [-0.2, 0) is 0 Å². The predicted molar refractivity (Wildman–Crippen MR) is 75.4 cm³/mol. The number of nitrogens with zero attached hydrogens (tertiary/aromatic N) is 1. The van der Waals surface area contributed by atoms with E-state index in [4.69, 9.17) is 0 Å². The maximum Gasteiger partial charge on any atom is 0.0385 e.